The molecule has 0 fully saturated rings. The summed E-state index contributed by atoms with van der Waals surface area (Å²) in [6.45, 7) is 3.77. The summed E-state index contributed by atoms with van der Waals surface area (Å²) in [6, 6.07) is 5.06. The molecule has 0 unspecified atom stereocenters. The molecule has 1 aromatic carbocycles. The van der Waals surface area contributed by atoms with Gasteiger partial charge in [0.15, 0.2) is 10.8 Å². The summed E-state index contributed by atoms with van der Waals surface area (Å²) in [5.74, 6) is 1.02. The number of imidazole rings is 1. The number of aromatic nitrogens is 2. The number of ether oxygens (including phenoxy) is 1. The van der Waals surface area contributed by atoms with E-state index >= 15 is 0 Å². The maximum atomic E-state index is 12.9. The SMILES string of the molecule is Cc1nc(S(=O)(=O)N2C[C@@H](C)Oc3c(Cl)cccc32)cn1C. The molecule has 2 aromatic rings. The number of hydrogen-bond acceptors (Lipinski definition) is 4. The van der Waals surface area contributed by atoms with Crippen molar-refractivity contribution in [1.82, 2.24) is 9.55 Å². The standard InChI is InChI=1S/C14H16ClN3O3S/c1-9-7-18(12-6-4-5-11(15)14(12)21-9)22(19,20)13-8-17(3)10(2)16-13/h4-6,8-9H,7H2,1-3H3/t9-/m1/s1. The van der Waals surface area contributed by atoms with Crippen LogP contribution in [0.25, 0.3) is 0 Å². The Morgan fingerprint density at radius 3 is 2.77 bits per heavy atom. The fraction of sp³-hybridized carbons (Fsp3) is 0.357. The van der Waals surface area contributed by atoms with Gasteiger partial charge < -0.3 is 9.30 Å². The molecule has 8 heteroatoms. The van der Waals surface area contributed by atoms with E-state index < -0.39 is 10.0 Å². The van der Waals surface area contributed by atoms with Gasteiger partial charge in [0.1, 0.15) is 11.9 Å². The average Bonchev–Trinajstić information content (AvgIpc) is 2.80. The number of para-hydroxylation sites is 1. The average molecular weight is 342 g/mol. The lowest BCUT2D eigenvalue weighted by Gasteiger charge is -2.33. The topological polar surface area (TPSA) is 64.4 Å². The van der Waals surface area contributed by atoms with E-state index in [4.69, 9.17) is 16.3 Å². The zero-order valence-corrected chi connectivity index (χ0v) is 14.0. The smallest absolute Gasteiger partial charge is 0.283 e. The highest BCUT2D eigenvalue weighted by atomic mass is 35.5. The van der Waals surface area contributed by atoms with E-state index in [-0.39, 0.29) is 17.7 Å². The van der Waals surface area contributed by atoms with Crippen molar-refractivity contribution in [2.24, 2.45) is 7.05 Å². The Hall–Kier alpha value is -1.73. The van der Waals surface area contributed by atoms with Gasteiger partial charge in [-0.25, -0.2) is 4.98 Å². The highest BCUT2D eigenvalue weighted by molar-refractivity contribution is 7.92. The Morgan fingerprint density at radius 2 is 2.14 bits per heavy atom. The molecular weight excluding hydrogens is 326 g/mol. The number of sulfonamides is 1. The number of benzene rings is 1. The molecule has 6 nitrogen and oxygen atoms in total. The Bertz CT molecular complexity index is 812. The third-order valence-electron chi connectivity index (χ3n) is 3.60. The molecule has 1 aliphatic rings. The summed E-state index contributed by atoms with van der Waals surface area (Å²) in [7, 11) is -2.01. The molecule has 3 rings (SSSR count). The molecule has 0 spiro atoms. The zero-order valence-electron chi connectivity index (χ0n) is 12.4. The monoisotopic (exact) mass is 341 g/mol. The van der Waals surface area contributed by atoms with Crippen LogP contribution in [0.3, 0.4) is 0 Å². The van der Waals surface area contributed by atoms with Gasteiger partial charge in [-0.2, -0.15) is 8.42 Å². The molecule has 0 amide bonds. The molecule has 0 bridgehead atoms. The fourth-order valence-electron chi connectivity index (χ4n) is 2.37. The molecule has 0 N–H and O–H groups in total. The van der Waals surface area contributed by atoms with Crippen LogP contribution in [0, 0.1) is 6.92 Å². The predicted molar refractivity (Wildman–Crippen MR) is 84.0 cm³/mol. The van der Waals surface area contributed by atoms with Gasteiger partial charge in [-0.3, -0.25) is 4.31 Å². The summed E-state index contributed by atoms with van der Waals surface area (Å²) in [5, 5.41) is 0.411. The Labute approximate surface area is 134 Å². The second-order valence-electron chi connectivity index (χ2n) is 5.29. The van der Waals surface area contributed by atoms with Crippen LogP contribution in [0.15, 0.2) is 29.4 Å². The van der Waals surface area contributed by atoms with E-state index in [2.05, 4.69) is 4.98 Å². The number of aryl methyl sites for hydroxylation is 2. The maximum Gasteiger partial charge on any atom is 0.283 e. The second kappa shape index (κ2) is 5.17. The summed E-state index contributed by atoms with van der Waals surface area (Å²) < 4.78 is 34.5. The second-order valence-corrected chi connectivity index (χ2v) is 7.51. The third-order valence-corrected chi connectivity index (χ3v) is 5.55. The van der Waals surface area contributed by atoms with Crippen LogP contribution in [0.1, 0.15) is 12.7 Å². The van der Waals surface area contributed by atoms with Gasteiger partial charge in [-0.15, -0.1) is 0 Å². The number of nitrogens with zero attached hydrogens (tertiary/aromatic N) is 3. The van der Waals surface area contributed by atoms with E-state index in [0.717, 1.165) is 0 Å². The number of halogens is 1. The number of rotatable bonds is 2. The molecular formula is C14H16ClN3O3S. The van der Waals surface area contributed by atoms with Crippen LogP contribution in [0.4, 0.5) is 5.69 Å². The Morgan fingerprint density at radius 1 is 1.41 bits per heavy atom. The van der Waals surface area contributed by atoms with E-state index in [1.54, 1.807) is 43.7 Å². The number of hydrogen-bond donors (Lipinski definition) is 0. The predicted octanol–water partition coefficient (Wildman–Crippen LogP) is 2.36. The molecule has 1 aliphatic heterocycles. The van der Waals surface area contributed by atoms with Crippen LogP contribution in [-0.4, -0.2) is 30.6 Å². The fourth-order valence-corrected chi connectivity index (χ4v) is 4.16. The molecule has 22 heavy (non-hydrogen) atoms. The highest BCUT2D eigenvalue weighted by Gasteiger charge is 2.35. The summed E-state index contributed by atoms with van der Waals surface area (Å²) in [5.41, 5.74) is 0.439. The minimum atomic E-state index is -3.76. The van der Waals surface area contributed by atoms with Crippen LogP contribution in [-0.2, 0) is 17.1 Å². The Balaban J connectivity index is 2.14. The molecule has 1 atom stereocenters. The van der Waals surface area contributed by atoms with Crippen molar-refractivity contribution in [3.63, 3.8) is 0 Å². The summed E-state index contributed by atoms with van der Waals surface area (Å²) in [4.78, 5) is 4.14. The summed E-state index contributed by atoms with van der Waals surface area (Å²) in [6.07, 6.45) is 1.21. The first-order valence-electron chi connectivity index (χ1n) is 6.78. The molecule has 0 aliphatic carbocycles. The van der Waals surface area contributed by atoms with E-state index in [9.17, 15) is 8.42 Å². The van der Waals surface area contributed by atoms with Gasteiger partial charge in [-0.05, 0) is 26.0 Å². The van der Waals surface area contributed by atoms with Crippen LogP contribution >= 0.6 is 11.6 Å². The molecule has 0 radical (unpaired) electrons. The molecule has 0 saturated heterocycles. The first kappa shape index (κ1) is 15.2. The van der Waals surface area contributed by atoms with Gasteiger partial charge >= 0.3 is 0 Å². The van der Waals surface area contributed by atoms with E-state index in [1.807, 2.05) is 0 Å². The van der Waals surface area contributed by atoms with Crippen LogP contribution in [0.2, 0.25) is 5.02 Å². The lowest BCUT2D eigenvalue weighted by Crippen LogP contribution is -2.42. The quantitative estimate of drug-likeness (QED) is 0.841. The largest absolute Gasteiger partial charge is 0.485 e. The lowest BCUT2D eigenvalue weighted by molar-refractivity contribution is 0.219. The van der Waals surface area contributed by atoms with Gasteiger partial charge in [-0.1, -0.05) is 17.7 Å². The van der Waals surface area contributed by atoms with Crippen molar-refractivity contribution in [2.75, 3.05) is 10.8 Å². The van der Waals surface area contributed by atoms with Crippen LogP contribution < -0.4 is 9.04 Å². The normalized spacial score (nSPS) is 18.0. The van der Waals surface area contributed by atoms with Crippen molar-refractivity contribution in [2.45, 2.75) is 25.0 Å². The molecule has 1 aromatic heterocycles. The minimum Gasteiger partial charge on any atom is -0.485 e. The first-order valence-corrected chi connectivity index (χ1v) is 8.60. The number of anilines is 1. The third kappa shape index (κ3) is 2.34. The van der Waals surface area contributed by atoms with Crippen molar-refractivity contribution >= 4 is 27.3 Å². The van der Waals surface area contributed by atoms with Gasteiger partial charge in [0.2, 0.25) is 0 Å². The molecule has 2 heterocycles. The lowest BCUT2D eigenvalue weighted by atomic mass is 10.2. The van der Waals surface area contributed by atoms with Crippen molar-refractivity contribution in [3.8, 4) is 5.75 Å². The van der Waals surface area contributed by atoms with E-state index in [0.29, 0.717) is 22.3 Å². The van der Waals surface area contributed by atoms with Crippen molar-refractivity contribution in [3.05, 3.63) is 35.2 Å². The summed E-state index contributed by atoms with van der Waals surface area (Å²) >= 11 is 6.13. The first-order chi connectivity index (χ1) is 10.3. The zero-order chi connectivity index (χ0) is 16.1. The highest BCUT2D eigenvalue weighted by Crippen LogP contribution is 2.41. The van der Waals surface area contributed by atoms with Crippen molar-refractivity contribution in [1.29, 1.82) is 0 Å². The molecule has 118 valence electrons. The van der Waals surface area contributed by atoms with E-state index in [1.165, 1.54) is 10.5 Å². The van der Waals surface area contributed by atoms with Crippen LogP contribution in [0.5, 0.6) is 5.75 Å². The minimum absolute atomic E-state index is 0.0209. The molecule has 0 saturated carbocycles. The van der Waals surface area contributed by atoms with Crippen molar-refractivity contribution < 1.29 is 13.2 Å². The Kier molecular flexibility index (Phi) is 3.57. The van der Waals surface area contributed by atoms with Gasteiger partial charge in [0.05, 0.1) is 17.3 Å². The van der Waals surface area contributed by atoms with Gasteiger partial charge in [0, 0.05) is 13.2 Å². The maximum absolute atomic E-state index is 12.9. The van der Waals surface area contributed by atoms with Gasteiger partial charge in [0.25, 0.3) is 10.0 Å². The number of fused-ring (bicyclic) bond motifs is 1.